The molecule has 0 aromatic heterocycles. The zero-order valence-electron chi connectivity index (χ0n) is 48.3. The number of guanidine groups is 2. The van der Waals surface area contributed by atoms with E-state index in [1.165, 1.54) is 11.8 Å². The minimum absolute atomic E-state index is 0.0287. The minimum atomic E-state index is -5.08. The van der Waals surface area contributed by atoms with E-state index >= 15 is 0 Å². The predicted molar refractivity (Wildman–Crippen MR) is 302 cm³/mol. The molecule has 10 amide bonds. The first-order valence-electron chi connectivity index (χ1n) is 27.2. The summed E-state index contributed by atoms with van der Waals surface area (Å²) in [5, 5.41) is 77.2. The number of carboxylic acid groups (broad SMARTS) is 3. The van der Waals surface area contributed by atoms with E-state index in [2.05, 4.69) is 52.5 Å². The summed E-state index contributed by atoms with van der Waals surface area (Å²) in [4.78, 5) is 175. The SMILES string of the molecule is C[C@H](NC(=O)[C@H](Cc1ccccc1)NC(=O)[C@H](CO)NC(=O)[C@H](CO)NC(=O)[C@@H](NC(=O)[C@H](CCCN=C(N)N)NC(=O)[C@@H]1CCCN1C(=O)[C@H](CCCN=C(N)N)NC(=O)CN)[C@@H](C)O)C(=O)N[C@@H](CCC(=O)O)C(=O)NCC(=O)O.O=C(O)C(F)(F)F. The number of aliphatic carboxylic acids is 3. The molecule has 1 aromatic carbocycles. The van der Waals surface area contributed by atoms with Gasteiger partial charge >= 0.3 is 24.1 Å². The van der Waals surface area contributed by atoms with Gasteiger partial charge in [0.2, 0.25) is 59.1 Å². The van der Waals surface area contributed by atoms with Gasteiger partial charge in [-0.15, -0.1) is 0 Å². The molecule has 39 heteroatoms. The number of carbonyl (C=O) groups excluding carboxylic acids is 10. The molecule has 1 aromatic rings. The maximum absolute atomic E-state index is 14.0. The molecule has 1 fully saturated rings. The number of carbonyl (C=O) groups is 13. The van der Waals surface area contributed by atoms with E-state index in [1.807, 2.05) is 5.32 Å². The number of halogens is 3. The van der Waals surface area contributed by atoms with E-state index in [-0.39, 0.29) is 70.1 Å². The van der Waals surface area contributed by atoms with Crippen molar-refractivity contribution in [1.82, 2.24) is 52.8 Å². The van der Waals surface area contributed by atoms with Gasteiger partial charge in [-0.1, -0.05) is 30.3 Å². The van der Waals surface area contributed by atoms with E-state index in [1.54, 1.807) is 30.3 Å². The lowest BCUT2D eigenvalue weighted by atomic mass is 10.0. The zero-order chi connectivity index (χ0) is 67.7. The van der Waals surface area contributed by atoms with Crippen molar-refractivity contribution in [2.24, 2.45) is 38.7 Å². The highest BCUT2D eigenvalue weighted by Crippen LogP contribution is 2.21. The number of aliphatic hydroxyl groups excluding tert-OH is 3. The Morgan fingerprint density at radius 3 is 1.58 bits per heavy atom. The van der Waals surface area contributed by atoms with Crippen LogP contribution in [0.25, 0.3) is 0 Å². The standard InChI is InChI=1S/C48H77N17O17.C2HF3O2/c1-24(38(74)59-28(14-15-35(70)71)39(75)56-21-36(72)73)57-41(77)30(19-26-9-4-3-5-10-26)61-42(78)31(22-66)62-43(79)32(23-67)63-45(81)37(25(2)68)64-40(76)27(11-6-16-54-47(50)51)60-44(80)33-13-8-18-65(33)46(82)29(58-34(69)20-49)12-7-17-55-48(52)53;3-2(4,5)1(6)7/h3-5,9-10,24-25,27-33,37,66-68H,6-8,11-23,49H2,1-2H3,(H,56,75)(H,57,77)(H,58,69)(H,59,74)(H,60,80)(H,61,78)(H,62,79)(H,63,81)(H,64,76)(H,70,71)(H,72,73)(H4,50,51,54)(H4,52,53,55);(H,6,7)/t24-,25+,27-,28-,29-,30-,31-,32-,33-,37-;/m0./s1. The average Bonchev–Trinajstić information content (AvgIpc) is 3.27. The molecule has 0 unspecified atom stereocenters. The molecule has 0 aliphatic carbocycles. The number of rotatable bonds is 36. The van der Waals surface area contributed by atoms with Gasteiger partial charge in [0, 0.05) is 32.5 Å². The number of aliphatic imine (C=N–C) groups is 2. The van der Waals surface area contributed by atoms with Crippen LogP contribution in [0.5, 0.6) is 0 Å². The topological polar surface area (TPSA) is 610 Å². The number of amides is 10. The van der Waals surface area contributed by atoms with Crippen LogP contribution in [0, 0.1) is 0 Å². The molecule has 2 rings (SSSR count). The summed E-state index contributed by atoms with van der Waals surface area (Å²) in [5.74, 6) is -15.9. The van der Waals surface area contributed by atoms with Gasteiger partial charge in [0.25, 0.3) is 0 Å². The van der Waals surface area contributed by atoms with Crippen LogP contribution in [-0.2, 0) is 68.7 Å². The normalized spacial score (nSPS) is 15.6. The second-order valence-corrected chi connectivity index (χ2v) is 19.6. The molecule has 36 nitrogen and oxygen atoms in total. The van der Waals surface area contributed by atoms with Gasteiger partial charge in [-0.2, -0.15) is 13.2 Å². The molecule has 0 saturated carbocycles. The largest absolute Gasteiger partial charge is 0.490 e. The van der Waals surface area contributed by atoms with Crippen LogP contribution in [0.1, 0.15) is 70.8 Å². The van der Waals surface area contributed by atoms with Crippen LogP contribution < -0.4 is 76.5 Å². The fraction of sp³-hybridized carbons (Fsp3) is 0.580. The first-order valence-corrected chi connectivity index (χ1v) is 27.2. The third-order valence-corrected chi connectivity index (χ3v) is 12.5. The number of hydrogen-bond acceptors (Lipinski definition) is 19. The molecular formula is C50H78F3N17O19. The van der Waals surface area contributed by atoms with E-state index in [9.17, 15) is 86.0 Å². The van der Waals surface area contributed by atoms with Crippen molar-refractivity contribution >= 4 is 88.9 Å². The Morgan fingerprint density at radius 2 is 1.10 bits per heavy atom. The molecule has 1 aliphatic rings. The summed E-state index contributed by atoms with van der Waals surface area (Å²) in [6.07, 6.45) is -7.42. The highest BCUT2D eigenvalue weighted by atomic mass is 19.4. The van der Waals surface area contributed by atoms with Crippen molar-refractivity contribution in [3.05, 3.63) is 35.9 Å². The average molecular weight is 1280 g/mol. The molecule has 0 spiro atoms. The van der Waals surface area contributed by atoms with Crippen molar-refractivity contribution in [3.63, 3.8) is 0 Å². The van der Waals surface area contributed by atoms with E-state index in [0.29, 0.717) is 12.0 Å². The molecule has 1 heterocycles. The maximum Gasteiger partial charge on any atom is 0.490 e. The maximum atomic E-state index is 14.0. The van der Waals surface area contributed by atoms with E-state index in [0.717, 1.165) is 6.92 Å². The Labute approximate surface area is 505 Å². The second kappa shape index (κ2) is 39.3. The summed E-state index contributed by atoms with van der Waals surface area (Å²) in [6.45, 7) is -1.13. The zero-order valence-corrected chi connectivity index (χ0v) is 48.3. The number of likely N-dealkylation sites (tertiary alicyclic amines) is 1. The van der Waals surface area contributed by atoms with Crippen molar-refractivity contribution in [2.45, 2.75) is 138 Å². The number of hydrogen-bond donors (Lipinski definition) is 20. The molecule has 25 N–H and O–H groups in total. The van der Waals surface area contributed by atoms with Crippen molar-refractivity contribution < 1.29 is 106 Å². The van der Waals surface area contributed by atoms with Crippen LogP contribution in [0.2, 0.25) is 0 Å². The Morgan fingerprint density at radius 1 is 0.618 bits per heavy atom. The van der Waals surface area contributed by atoms with Crippen LogP contribution in [0.3, 0.4) is 0 Å². The summed E-state index contributed by atoms with van der Waals surface area (Å²) >= 11 is 0. The predicted octanol–water partition coefficient (Wildman–Crippen LogP) is -8.75. The third-order valence-electron chi connectivity index (χ3n) is 12.5. The highest BCUT2D eigenvalue weighted by Gasteiger charge is 2.41. The monoisotopic (exact) mass is 1280 g/mol. The molecule has 498 valence electrons. The van der Waals surface area contributed by atoms with Gasteiger partial charge in [-0.05, 0) is 64.4 Å². The Hall–Kier alpha value is -9.50. The number of benzene rings is 1. The fourth-order valence-corrected chi connectivity index (χ4v) is 7.97. The number of nitrogens with two attached hydrogens (primary N) is 5. The van der Waals surface area contributed by atoms with Crippen LogP contribution in [0.4, 0.5) is 13.2 Å². The number of nitrogens with one attached hydrogen (secondary N) is 9. The lowest BCUT2D eigenvalue weighted by molar-refractivity contribution is -0.192. The quantitative estimate of drug-likeness (QED) is 0.0169. The summed E-state index contributed by atoms with van der Waals surface area (Å²) < 4.78 is 31.7. The number of carboxylic acids is 3. The fourth-order valence-electron chi connectivity index (χ4n) is 7.97. The van der Waals surface area contributed by atoms with Crippen LogP contribution in [0.15, 0.2) is 40.3 Å². The molecular weight excluding hydrogens is 1200 g/mol. The van der Waals surface area contributed by atoms with Crippen molar-refractivity contribution in [2.75, 3.05) is 45.9 Å². The van der Waals surface area contributed by atoms with Crippen molar-refractivity contribution in [3.8, 4) is 0 Å². The lowest BCUT2D eigenvalue weighted by Gasteiger charge is -2.30. The van der Waals surface area contributed by atoms with Crippen molar-refractivity contribution in [1.29, 1.82) is 0 Å². The molecule has 1 aliphatic heterocycles. The Kier molecular flexibility index (Phi) is 34.2. The first-order chi connectivity index (χ1) is 41.7. The lowest BCUT2D eigenvalue weighted by Crippen LogP contribution is -2.62. The molecule has 1 saturated heterocycles. The number of alkyl halides is 3. The molecule has 0 radical (unpaired) electrons. The summed E-state index contributed by atoms with van der Waals surface area (Å²) in [7, 11) is 0. The van der Waals surface area contributed by atoms with Crippen LogP contribution >= 0.6 is 0 Å². The van der Waals surface area contributed by atoms with Gasteiger partial charge in [0.05, 0.1) is 25.9 Å². The second-order valence-electron chi connectivity index (χ2n) is 19.6. The molecule has 10 atom stereocenters. The number of aliphatic hydroxyl groups is 3. The van der Waals surface area contributed by atoms with E-state index < -0.39 is 183 Å². The van der Waals surface area contributed by atoms with Gasteiger partial charge in [0.15, 0.2) is 11.9 Å². The van der Waals surface area contributed by atoms with Crippen LogP contribution in [-0.4, -0.2) is 237 Å². The molecule has 89 heavy (non-hydrogen) atoms. The van der Waals surface area contributed by atoms with Gasteiger partial charge < -0.3 is 112 Å². The number of nitrogens with zero attached hydrogens (tertiary/aromatic N) is 3. The van der Waals surface area contributed by atoms with E-state index in [4.69, 9.17) is 48.8 Å². The highest BCUT2D eigenvalue weighted by molar-refractivity contribution is 5.99. The Balaban J connectivity index is 0.00000531. The third kappa shape index (κ3) is 29.6. The summed E-state index contributed by atoms with van der Waals surface area (Å²) in [5.41, 5.74) is 27.6. The summed E-state index contributed by atoms with van der Waals surface area (Å²) in [6, 6.07) is -6.01. The molecule has 0 bridgehead atoms. The minimum Gasteiger partial charge on any atom is -0.481 e. The van der Waals surface area contributed by atoms with Gasteiger partial charge in [0.1, 0.15) is 60.9 Å². The smallest absolute Gasteiger partial charge is 0.481 e. The van der Waals surface area contributed by atoms with Gasteiger partial charge in [-0.25, -0.2) is 4.79 Å². The Bertz CT molecular complexity index is 2670. The first kappa shape index (κ1) is 77.5. The van der Waals surface area contributed by atoms with Gasteiger partial charge in [-0.3, -0.25) is 67.5 Å².